The summed E-state index contributed by atoms with van der Waals surface area (Å²) in [5.74, 6) is 0.362. The van der Waals surface area contributed by atoms with E-state index in [1.165, 1.54) is 11.3 Å². The number of carbonyl (C=O) groups excluding carboxylic acids is 1. The van der Waals surface area contributed by atoms with Crippen molar-refractivity contribution in [2.45, 2.75) is 26.2 Å². The molecule has 2 heteroatoms. The lowest BCUT2D eigenvalue weighted by Gasteiger charge is -2.27. The zero-order valence-electron chi connectivity index (χ0n) is 9.20. The summed E-state index contributed by atoms with van der Waals surface area (Å²) in [6.07, 6.45) is 2.82. The second-order valence-corrected chi connectivity index (χ2v) is 4.08. The summed E-state index contributed by atoms with van der Waals surface area (Å²) in [4.78, 5) is 13.5. The molecule has 2 rings (SSSR count). The number of Topliss-reactive ketones (excluding diaryl/α,β-unsaturated/α-hetero) is 1. The Bertz CT molecular complexity index is 342. The molecule has 0 radical (unpaired) electrons. The number of hydrogen-bond donors (Lipinski definition) is 0. The molecule has 1 heterocycles. The van der Waals surface area contributed by atoms with E-state index in [4.69, 9.17) is 0 Å². The molecule has 2 nitrogen and oxygen atoms in total. The third-order valence-corrected chi connectivity index (χ3v) is 2.96. The molecule has 0 saturated carbocycles. The lowest BCUT2D eigenvalue weighted by atomic mass is 10.1. The summed E-state index contributed by atoms with van der Waals surface area (Å²) in [5, 5.41) is 0. The van der Waals surface area contributed by atoms with Crippen LogP contribution in [0.3, 0.4) is 0 Å². The van der Waals surface area contributed by atoms with E-state index in [1.807, 2.05) is 0 Å². The minimum Gasteiger partial charge on any atom is -0.364 e. The third kappa shape index (κ3) is 2.38. The molecule has 1 aliphatic heterocycles. The van der Waals surface area contributed by atoms with Gasteiger partial charge in [0.15, 0.2) is 5.78 Å². The Morgan fingerprint density at radius 3 is 2.60 bits per heavy atom. The van der Waals surface area contributed by atoms with Crippen molar-refractivity contribution in [3.63, 3.8) is 0 Å². The predicted octanol–water partition coefficient (Wildman–Crippen LogP) is 2.42. The largest absolute Gasteiger partial charge is 0.364 e. The fourth-order valence-electron chi connectivity index (χ4n) is 2.00. The normalized spacial score (nSPS) is 16.9. The number of aryl methyl sites for hydroxylation is 1. The Morgan fingerprint density at radius 1 is 1.27 bits per heavy atom. The van der Waals surface area contributed by atoms with E-state index in [-0.39, 0.29) is 0 Å². The Kier molecular flexibility index (Phi) is 3.05. The molecule has 1 aromatic rings. The molecule has 0 N–H and O–H groups in total. The van der Waals surface area contributed by atoms with Crippen LogP contribution in [0.5, 0.6) is 0 Å². The molecule has 0 aromatic heterocycles. The van der Waals surface area contributed by atoms with Gasteiger partial charge in [0.1, 0.15) is 0 Å². The van der Waals surface area contributed by atoms with Crippen molar-refractivity contribution < 1.29 is 4.79 Å². The molecule has 0 bridgehead atoms. The summed E-state index contributed by atoms with van der Waals surface area (Å²) in [6.45, 7) is 3.75. The van der Waals surface area contributed by atoms with Crippen molar-refractivity contribution in [3.8, 4) is 0 Å². The molecule has 1 aromatic carbocycles. The molecule has 0 spiro atoms. The summed E-state index contributed by atoms with van der Waals surface area (Å²) >= 11 is 0. The van der Waals surface area contributed by atoms with Crippen LogP contribution in [0.15, 0.2) is 24.3 Å². The molecule has 15 heavy (non-hydrogen) atoms. The molecule has 1 fully saturated rings. The average Bonchev–Trinajstić information content (AvgIpc) is 2.29. The van der Waals surface area contributed by atoms with Crippen molar-refractivity contribution in [1.82, 2.24) is 0 Å². The van der Waals surface area contributed by atoms with Crippen molar-refractivity contribution in [1.29, 1.82) is 0 Å². The highest BCUT2D eigenvalue weighted by Crippen LogP contribution is 2.19. The summed E-state index contributed by atoms with van der Waals surface area (Å²) < 4.78 is 0. The lowest BCUT2D eigenvalue weighted by Crippen LogP contribution is -2.35. The molecule has 0 aliphatic carbocycles. The van der Waals surface area contributed by atoms with E-state index < -0.39 is 0 Å². The monoisotopic (exact) mass is 203 g/mol. The number of benzene rings is 1. The standard InChI is InChI=1S/C13H17NO/c1-2-11-5-7-12(8-6-11)14-9-3-4-13(15)10-14/h5-8H,2-4,9-10H2,1H3. The van der Waals surface area contributed by atoms with Gasteiger partial charge in [0.2, 0.25) is 0 Å². The van der Waals surface area contributed by atoms with E-state index in [0.29, 0.717) is 12.3 Å². The maximum atomic E-state index is 11.3. The van der Waals surface area contributed by atoms with Gasteiger partial charge in [-0.15, -0.1) is 0 Å². The van der Waals surface area contributed by atoms with Crippen molar-refractivity contribution in [3.05, 3.63) is 29.8 Å². The first kappa shape index (κ1) is 10.2. The highest BCUT2D eigenvalue weighted by molar-refractivity contribution is 5.84. The second kappa shape index (κ2) is 4.47. The van der Waals surface area contributed by atoms with Crippen LogP contribution in [-0.2, 0) is 11.2 Å². The van der Waals surface area contributed by atoms with Crippen LogP contribution in [0.1, 0.15) is 25.3 Å². The third-order valence-electron chi connectivity index (χ3n) is 2.96. The predicted molar refractivity (Wildman–Crippen MR) is 62.3 cm³/mol. The highest BCUT2D eigenvalue weighted by Gasteiger charge is 2.16. The van der Waals surface area contributed by atoms with Crippen LogP contribution < -0.4 is 4.90 Å². The van der Waals surface area contributed by atoms with E-state index >= 15 is 0 Å². The molecular weight excluding hydrogens is 186 g/mol. The van der Waals surface area contributed by atoms with Gasteiger partial charge in [-0.05, 0) is 30.5 Å². The fraction of sp³-hybridized carbons (Fsp3) is 0.462. The van der Waals surface area contributed by atoms with E-state index in [9.17, 15) is 4.79 Å². The van der Waals surface area contributed by atoms with Gasteiger partial charge in [-0.2, -0.15) is 0 Å². The summed E-state index contributed by atoms with van der Waals surface area (Å²) in [6, 6.07) is 8.54. The van der Waals surface area contributed by atoms with Gasteiger partial charge < -0.3 is 4.90 Å². The molecule has 0 unspecified atom stereocenters. The minimum absolute atomic E-state index is 0.362. The Hall–Kier alpha value is -1.31. The van der Waals surface area contributed by atoms with Crippen LogP contribution in [0, 0.1) is 0 Å². The molecule has 1 aliphatic rings. The average molecular weight is 203 g/mol. The smallest absolute Gasteiger partial charge is 0.152 e. The van der Waals surface area contributed by atoms with Gasteiger partial charge in [-0.3, -0.25) is 4.79 Å². The van der Waals surface area contributed by atoms with Gasteiger partial charge in [0, 0.05) is 18.7 Å². The van der Waals surface area contributed by atoms with Crippen molar-refractivity contribution in [2.75, 3.05) is 18.0 Å². The molecule has 0 atom stereocenters. The SMILES string of the molecule is CCc1ccc(N2CCCC(=O)C2)cc1. The lowest BCUT2D eigenvalue weighted by molar-refractivity contribution is -0.118. The van der Waals surface area contributed by atoms with Gasteiger partial charge in [0.25, 0.3) is 0 Å². The van der Waals surface area contributed by atoms with Crippen molar-refractivity contribution >= 4 is 11.5 Å². The number of anilines is 1. The topological polar surface area (TPSA) is 20.3 Å². The van der Waals surface area contributed by atoms with E-state index in [0.717, 1.165) is 25.8 Å². The van der Waals surface area contributed by atoms with Crippen LogP contribution >= 0.6 is 0 Å². The zero-order valence-corrected chi connectivity index (χ0v) is 9.20. The Balaban J connectivity index is 2.11. The number of nitrogens with zero attached hydrogens (tertiary/aromatic N) is 1. The van der Waals surface area contributed by atoms with Crippen LogP contribution in [0.25, 0.3) is 0 Å². The van der Waals surface area contributed by atoms with Crippen LogP contribution in [0.4, 0.5) is 5.69 Å². The maximum Gasteiger partial charge on any atom is 0.152 e. The number of piperidine rings is 1. The van der Waals surface area contributed by atoms with Gasteiger partial charge >= 0.3 is 0 Å². The first-order chi connectivity index (χ1) is 7.29. The second-order valence-electron chi connectivity index (χ2n) is 4.08. The number of hydrogen-bond acceptors (Lipinski definition) is 2. The first-order valence-corrected chi connectivity index (χ1v) is 5.65. The molecule has 80 valence electrons. The molecule has 0 amide bonds. The minimum atomic E-state index is 0.362. The van der Waals surface area contributed by atoms with E-state index in [1.54, 1.807) is 0 Å². The summed E-state index contributed by atoms with van der Waals surface area (Å²) in [5.41, 5.74) is 2.53. The molecule has 1 saturated heterocycles. The Morgan fingerprint density at radius 2 is 2.00 bits per heavy atom. The van der Waals surface area contributed by atoms with Crippen molar-refractivity contribution in [2.24, 2.45) is 0 Å². The van der Waals surface area contributed by atoms with Crippen LogP contribution in [-0.4, -0.2) is 18.9 Å². The van der Waals surface area contributed by atoms with Crippen LogP contribution in [0.2, 0.25) is 0 Å². The number of carbonyl (C=O) groups is 1. The van der Waals surface area contributed by atoms with Gasteiger partial charge in [0.05, 0.1) is 6.54 Å². The number of ketones is 1. The van der Waals surface area contributed by atoms with Gasteiger partial charge in [-0.25, -0.2) is 0 Å². The maximum absolute atomic E-state index is 11.3. The highest BCUT2D eigenvalue weighted by atomic mass is 16.1. The van der Waals surface area contributed by atoms with E-state index in [2.05, 4.69) is 36.1 Å². The Labute approximate surface area is 90.9 Å². The first-order valence-electron chi connectivity index (χ1n) is 5.65. The summed E-state index contributed by atoms with van der Waals surface area (Å²) in [7, 11) is 0. The quantitative estimate of drug-likeness (QED) is 0.735. The fourth-order valence-corrected chi connectivity index (χ4v) is 2.00. The molecular formula is C13H17NO. The number of rotatable bonds is 2. The van der Waals surface area contributed by atoms with Gasteiger partial charge in [-0.1, -0.05) is 19.1 Å². The zero-order chi connectivity index (χ0) is 10.7.